The Labute approximate surface area is 126 Å². The number of anilines is 2. The summed E-state index contributed by atoms with van der Waals surface area (Å²) in [6.45, 7) is 4.06. The fourth-order valence-electron chi connectivity index (χ4n) is 2.02. The second kappa shape index (κ2) is 5.38. The number of halogens is 1. The van der Waals surface area contributed by atoms with Gasteiger partial charge in [-0.2, -0.15) is 0 Å². The maximum Gasteiger partial charge on any atom is 0.142 e. The minimum absolute atomic E-state index is 0.725. The summed E-state index contributed by atoms with van der Waals surface area (Å²) >= 11 is 7.63. The molecule has 3 rings (SSSR count). The van der Waals surface area contributed by atoms with Gasteiger partial charge in [-0.05, 0) is 43.7 Å². The molecule has 0 aliphatic heterocycles. The Morgan fingerprint density at radius 3 is 2.65 bits per heavy atom. The zero-order valence-electron chi connectivity index (χ0n) is 11.3. The number of hydrogen-bond acceptors (Lipinski definition) is 4. The van der Waals surface area contributed by atoms with E-state index in [9.17, 15) is 0 Å². The van der Waals surface area contributed by atoms with E-state index in [4.69, 9.17) is 11.6 Å². The van der Waals surface area contributed by atoms with Gasteiger partial charge in [0.15, 0.2) is 0 Å². The lowest BCUT2D eigenvalue weighted by Gasteiger charge is -2.07. The molecular weight excluding hydrogens is 290 g/mol. The van der Waals surface area contributed by atoms with Crippen LogP contribution in [0.5, 0.6) is 0 Å². The normalized spacial score (nSPS) is 10.9. The lowest BCUT2D eigenvalue weighted by Crippen LogP contribution is -1.97. The van der Waals surface area contributed by atoms with Gasteiger partial charge in [-0.1, -0.05) is 18.5 Å². The van der Waals surface area contributed by atoms with Crippen molar-refractivity contribution in [1.82, 2.24) is 9.97 Å². The van der Waals surface area contributed by atoms with Crippen molar-refractivity contribution in [3.05, 3.63) is 46.1 Å². The summed E-state index contributed by atoms with van der Waals surface area (Å²) in [4.78, 5) is 11.4. The first-order chi connectivity index (χ1) is 9.65. The molecule has 0 amide bonds. The largest absolute Gasteiger partial charge is 0.340 e. The van der Waals surface area contributed by atoms with Crippen LogP contribution >= 0.6 is 22.9 Å². The molecule has 3 aromatic rings. The summed E-state index contributed by atoms with van der Waals surface area (Å²) in [6.07, 6.45) is 1.01. The summed E-state index contributed by atoms with van der Waals surface area (Å²) in [5.74, 6) is 1.63. The Hall–Kier alpha value is -1.65. The van der Waals surface area contributed by atoms with Gasteiger partial charge in [-0.3, -0.25) is 0 Å². The van der Waals surface area contributed by atoms with E-state index in [0.717, 1.165) is 39.0 Å². The lowest BCUT2D eigenvalue weighted by molar-refractivity contribution is 1.10. The molecule has 2 aromatic heterocycles. The molecule has 0 spiro atoms. The van der Waals surface area contributed by atoms with Crippen molar-refractivity contribution in [3.8, 4) is 0 Å². The average molecular weight is 304 g/mol. The van der Waals surface area contributed by atoms with Crippen LogP contribution in [0.15, 0.2) is 30.3 Å². The number of nitrogens with one attached hydrogen (secondary N) is 1. The maximum atomic E-state index is 5.91. The molecule has 0 aliphatic rings. The number of rotatable bonds is 3. The molecule has 0 saturated heterocycles. The Kier molecular flexibility index (Phi) is 3.59. The molecule has 5 heteroatoms. The third kappa shape index (κ3) is 2.62. The molecule has 2 heterocycles. The standard InChI is InChI=1S/C15H14ClN3S/c1-3-12-8-13-14(17-9(2)18-15(13)20-12)19-11-6-4-10(16)5-7-11/h4-8H,3H2,1-2H3,(H,17,18,19). The number of hydrogen-bond donors (Lipinski definition) is 1. The van der Waals surface area contributed by atoms with Gasteiger partial charge in [0, 0.05) is 15.6 Å². The highest BCUT2D eigenvalue weighted by Gasteiger charge is 2.10. The molecule has 0 aliphatic carbocycles. The van der Waals surface area contributed by atoms with E-state index < -0.39 is 0 Å². The van der Waals surface area contributed by atoms with E-state index in [0.29, 0.717) is 0 Å². The van der Waals surface area contributed by atoms with Gasteiger partial charge in [0.25, 0.3) is 0 Å². The number of benzene rings is 1. The van der Waals surface area contributed by atoms with E-state index in [1.54, 1.807) is 11.3 Å². The quantitative estimate of drug-likeness (QED) is 0.743. The van der Waals surface area contributed by atoms with Gasteiger partial charge >= 0.3 is 0 Å². The van der Waals surface area contributed by atoms with Crippen LogP contribution in [0.3, 0.4) is 0 Å². The highest BCUT2D eigenvalue weighted by atomic mass is 35.5. The van der Waals surface area contributed by atoms with Gasteiger partial charge < -0.3 is 5.32 Å². The van der Waals surface area contributed by atoms with Crippen molar-refractivity contribution in [2.45, 2.75) is 20.3 Å². The van der Waals surface area contributed by atoms with Crippen LogP contribution in [0.2, 0.25) is 5.02 Å². The van der Waals surface area contributed by atoms with Crippen molar-refractivity contribution in [3.63, 3.8) is 0 Å². The molecule has 20 heavy (non-hydrogen) atoms. The average Bonchev–Trinajstić information content (AvgIpc) is 2.84. The van der Waals surface area contributed by atoms with Crippen molar-refractivity contribution in [1.29, 1.82) is 0 Å². The second-order valence-electron chi connectivity index (χ2n) is 4.54. The highest BCUT2D eigenvalue weighted by molar-refractivity contribution is 7.18. The maximum absolute atomic E-state index is 5.91. The van der Waals surface area contributed by atoms with Crippen LogP contribution in [-0.4, -0.2) is 9.97 Å². The van der Waals surface area contributed by atoms with Crippen molar-refractivity contribution < 1.29 is 0 Å². The van der Waals surface area contributed by atoms with Crippen molar-refractivity contribution >= 4 is 44.7 Å². The first-order valence-electron chi connectivity index (χ1n) is 6.45. The topological polar surface area (TPSA) is 37.8 Å². The summed E-state index contributed by atoms with van der Waals surface area (Å²) < 4.78 is 0. The minimum Gasteiger partial charge on any atom is -0.340 e. The first kappa shape index (κ1) is 13.3. The van der Waals surface area contributed by atoms with Crippen LogP contribution in [0.1, 0.15) is 17.6 Å². The molecule has 0 bridgehead atoms. The van der Waals surface area contributed by atoms with Crippen molar-refractivity contribution in [2.24, 2.45) is 0 Å². The number of thiophene rings is 1. The predicted octanol–water partition coefficient (Wildman–Crippen LogP) is 4.96. The molecule has 1 N–H and O–H groups in total. The van der Waals surface area contributed by atoms with E-state index >= 15 is 0 Å². The Balaban J connectivity index is 2.05. The van der Waals surface area contributed by atoms with Crippen LogP contribution in [0, 0.1) is 6.92 Å². The smallest absolute Gasteiger partial charge is 0.142 e. The minimum atomic E-state index is 0.725. The zero-order valence-corrected chi connectivity index (χ0v) is 12.8. The van der Waals surface area contributed by atoms with Gasteiger partial charge in [0.2, 0.25) is 0 Å². The van der Waals surface area contributed by atoms with E-state index in [2.05, 4.69) is 28.3 Å². The summed E-state index contributed by atoms with van der Waals surface area (Å²) in [5.41, 5.74) is 0.970. The molecule has 0 radical (unpaired) electrons. The zero-order chi connectivity index (χ0) is 14.1. The molecule has 0 saturated carbocycles. The van der Waals surface area contributed by atoms with Gasteiger partial charge in [-0.25, -0.2) is 9.97 Å². The first-order valence-corrected chi connectivity index (χ1v) is 7.65. The van der Waals surface area contributed by atoms with Gasteiger partial charge in [0.05, 0.1) is 5.39 Å². The predicted molar refractivity (Wildman–Crippen MR) is 86.3 cm³/mol. The number of fused-ring (bicyclic) bond motifs is 1. The third-order valence-corrected chi connectivity index (χ3v) is 4.44. The van der Waals surface area contributed by atoms with Crippen LogP contribution in [0.4, 0.5) is 11.5 Å². The van der Waals surface area contributed by atoms with E-state index in [1.807, 2.05) is 31.2 Å². The van der Waals surface area contributed by atoms with Crippen LogP contribution in [0.25, 0.3) is 10.2 Å². The summed E-state index contributed by atoms with van der Waals surface area (Å²) in [6, 6.07) is 9.77. The van der Waals surface area contributed by atoms with Gasteiger partial charge in [0.1, 0.15) is 16.5 Å². The second-order valence-corrected chi connectivity index (χ2v) is 6.09. The number of nitrogens with zero attached hydrogens (tertiary/aromatic N) is 2. The van der Waals surface area contributed by atoms with Crippen LogP contribution in [-0.2, 0) is 6.42 Å². The monoisotopic (exact) mass is 303 g/mol. The summed E-state index contributed by atoms with van der Waals surface area (Å²) in [7, 11) is 0. The third-order valence-electron chi connectivity index (χ3n) is 3.01. The van der Waals surface area contributed by atoms with Crippen molar-refractivity contribution in [2.75, 3.05) is 5.32 Å². The molecule has 0 atom stereocenters. The number of aryl methyl sites for hydroxylation is 2. The molecule has 0 fully saturated rings. The van der Waals surface area contributed by atoms with Gasteiger partial charge in [-0.15, -0.1) is 11.3 Å². The highest BCUT2D eigenvalue weighted by Crippen LogP contribution is 2.31. The van der Waals surface area contributed by atoms with Crippen LogP contribution < -0.4 is 5.32 Å². The fourth-order valence-corrected chi connectivity index (χ4v) is 3.16. The Bertz CT molecular complexity index is 750. The molecule has 0 unspecified atom stereocenters. The Morgan fingerprint density at radius 2 is 1.95 bits per heavy atom. The molecule has 1 aromatic carbocycles. The fraction of sp³-hybridized carbons (Fsp3) is 0.200. The van der Waals surface area contributed by atoms with E-state index in [1.165, 1.54) is 4.88 Å². The summed E-state index contributed by atoms with van der Waals surface area (Å²) in [5, 5.41) is 5.15. The Morgan fingerprint density at radius 1 is 1.20 bits per heavy atom. The lowest BCUT2D eigenvalue weighted by atomic mass is 10.3. The molecule has 102 valence electrons. The molecular formula is C15H14ClN3S. The molecule has 3 nitrogen and oxygen atoms in total. The number of aromatic nitrogens is 2. The SMILES string of the molecule is CCc1cc2c(Nc3ccc(Cl)cc3)nc(C)nc2s1. The van der Waals surface area contributed by atoms with E-state index in [-0.39, 0.29) is 0 Å².